The van der Waals surface area contributed by atoms with Crippen LogP contribution in [0.1, 0.15) is 29.5 Å². The van der Waals surface area contributed by atoms with Gasteiger partial charge in [0.15, 0.2) is 0 Å². The molecule has 0 fully saturated rings. The minimum Gasteiger partial charge on any atom is -0.331 e. The van der Waals surface area contributed by atoms with Crippen molar-refractivity contribution in [2.75, 3.05) is 4.90 Å². The first-order valence-corrected chi connectivity index (χ1v) is 15.9. The fraction of sp³-hybridized carbons (Fsp3) is 0.0952. The van der Waals surface area contributed by atoms with E-state index < -0.39 is 0 Å². The van der Waals surface area contributed by atoms with Crippen LogP contribution >= 0.6 is 0 Å². The Kier molecular flexibility index (Phi) is 6.04. The van der Waals surface area contributed by atoms with Gasteiger partial charge in [-0.15, -0.1) is 0 Å². The van der Waals surface area contributed by atoms with Gasteiger partial charge in [-0.1, -0.05) is 84.9 Å². The molecule has 4 nitrogen and oxygen atoms in total. The first kappa shape index (κ1) is 26.6. The highest BCUT2D eigenvalue weighted by atomic mass is 15.2. The number of para-hydroxylation sites is 2. The Morgan fingerprint density at radius 1 is 0.652 bits per heavy atom. The molecule has 0 radical (unpaired) electrons. The van der Waals surface area contributed by atoms with Crippen molar-refractivity contribution < 1.29 is 0 Å². The molecular weight excluding hydrogens is 560 g/mol. The monoisotopic (exact) mass is 592 g/mol. The van der Waals surface area contributed by atoms with Crippen molar-refractivity contribution >= 4 is 39.4 Å². The average Bonchev–Trinajstić information content (AvgIpc) is 3.58. The van der Waals surface area contributed by atoms with Crippen LogP contribution in [0.2, 0.25) is 0 Å². The van der Waals surface area contributed by atoms with E-state index in [2.05, 4.69) is 166 Å². The maximum atomic E-state index is 4.48. The van der Waals surface area contributed by atoms with Crippen molar-refractivity contribution in [1.29, 1.82) is 0 Å². The van der Waals surface area contributed by atoms with Gasteiger partial charge in [-0.2, -0.15) is 0 Å². The largest absolute Gasteiger partial charge is 0.331 e. The Balaban J connectivity index is 0.946. The van der Waals surface area contributed by atoms with Crippen LogP contribution in [0, 0.1) is 0 Å². The third-order valence-electron chi connectivity index (χ3n) is 9.85. The van der Waals surface area contributed by atoms with Crippen LogP contribution in [0.15, 0.2) is 157 Å². The minimum atomic E-state index is -0.173. The van der Waals surface area contributed by atoms with Crippen molar-refractivity contribution in [1.82, 2.24) is 9.55 Å². The van der Waals surface area contributed by atoms with Crippen LogP contribution in [0.25, 0.3) is 38.6 Å². The fourth-order valence-electron chi connectivity index (χ4n) is 7.53. The molecule has 9 rings (SSSR count). The molecule has 0 saturated heterocycles. The zero-order chi connectivity index (χ0) is 30.7. The Labute approximate surface area is 268 Å². The number of pyridine rings is 1. The summed E-state index contributed by atoms with van der Waals surface area (Å²) in [6.07, 6.45) is 11.0. The number of aliphatic imine (C=N–C) groups is 1. The minimum absolute atomic E-state index is 0.173. The molecule has 0 aliphatic carbocycles. The smallest absolute Gasteiger partial charge is 0.0742 e. The highest BCUT2D eigenvalue weighted by Crippen LogP contribution is 2.52. The number of rotatable bonds is 5. The quantitative estimate of drug-likeness (QED) is 0.199. The summed E-state index contributed by atoms with van der Waals surface area (Å²) in [7, 11) is 0. The zero-order valence-electron chi connectivity index (χ0n) is 25.6. The molecule has 2 aromatic heterocycles. The molecule has 0 bridgehead atoms. The van der Waals surface area contributed by atoms with Gasteiger partial charge in [0.2, 0.25) is 0 Å². The number of hydrogen-bond donors (Lipinski definition) is 0. The molecule has 0 spiro atoms. The van der Waals surface area contributed by atoms with Gasteiger partial charge in [0.05, 0.1) is 16.6 Å². The molecule has 0 N–H and O–H groups in total. The summed E-state index contributed by atoms with van der Waals surface area (Å²) in [5.74, 6) is 0.239. The number of benzene rings is 5. The van der Waals surface area contributed by atoms with Gasteiger partial charge in [0.1, 0.15) is 0 Å². The highest BCUT2D eigenvalue weighted by Gasteiger charge is 2.47. The zero-order valence-corrected chi connectivity index (χ0v) is 25.6. The van der Waals surface area contributed by atoms with E-state index >= 15 is 0 Å². The maximum absolute atomic E-state index is 4.48. The lowest BCUT2D eigenvalue weighted by Gasteiger charge is -2.38. The van der Waals surface area contributed by atoms with Crippen LogP contribution in [-0.4, -0.2) is 21.3 Å². The molecule has 0 amide bonds. The number of anilines is 2. The molecule has 2 atom stereocenters. The molecule has 4 heterocycles. The van der Waals surface area contributed by atoms with Gasteiger partial charge in [0, 0.05) is 58.6 Å². The van der Waals surface area contributed by atoms with Gasteiger partial charge in [0.25, 0.3) is 0 Å². The molecule has 2 aliphatic rings. The molecule has 46 heavy (non-hydrogen) atoms. The van der Waals surface area contributed by atoms with E-state index in [0.717, 1.165) is 12.1 Å². The summed E-state index contributed by atoms with van der Waals surface area (Å²) in [6.45, 7) is 2.31. The molecule has 2 aliphatic heterocycles. The molecule has 5 aromatic carbocycles. The number of nitrogens with zero attached hydrogens (tertiary/aromatic N) is 4. The fourth-order valence-corrected chi connectivity index (χ4v) is 7.53. The van der Waals surface area contributed by atoms with Crippen molar-refractivity contribution in [3.8, 4) is 16.8 Å². The van der Waals surface area contributed by atoms with Gasteiger partial charge in [-0.05, 0) is 89.7 Å². The van der Waals surface area contributed by atoms with Gasteiger partial charge >= 0.3 is 0 Å². The SMILES string of the molecule is CC12C=CN=CC1c1ccccc1N2c1ccc(-c2ccc(Cc3ccc(-n4c5ccccc5c5cnccc54)cc3)cc2)cc1. The lowest BCUT2D eigenvalue weighted by Crippen LogP contribution is -2.43. The van der Waals surface area contributed by atoms with Crippen molar-refractivity contribution in [2.45, 2.75) is 24.8 Å². The van der Waals surface area contributed by atoms with E-state index in [9.17, 15) is 0 Å². The van der Waals surface area contributed by atoms with E-state index in [1.807, 2.05) is 18.6 Å². The summed E-state index contributed by atoms with van der Waals surface area (Å²) in [4.78, 5) is 11.3. The summed E-state index contributed by atoms with van der Waals surface area (Å²) >= 11 is 0. The Morgan fingerprint density at radius 3 is 2.11 bits per heavy atom. The van der Waals surface area contributed by atoms with Crippen LogP contribution in [-0.2, 0) is 6.42 Å². The molecular formula is C42H32N4. The lowest BCUT2D eigenvalue weighted by atomic mass is 9.83. The third kappa shape index (κ3) is 4.14. The van der Waals surface area contributed by atoms with Gasteiger partial charge in [-0.25, -0.2) is 0 Å². The first-order chi connectivity index (χ1) is 22.7. The molecule has 0 saturated carbocycles. The maximum Gasteiger partial charge on any atom is 0.0742 e. The summed E-state index contributed by atoms with van der Waals surface area (Å²) < 4.78 is 2.33. The second-order valence-corrected chi connectivity index (χ2v) is 12.5. The standard InChI is InChI=1S/C42H32N4/c1-42-23-25-44-28-38(42)36-7-3-5-9-41(36)46(42)34-20-16-32(17-21-34)31-14-10-29(11-15-31)26-30-12-18-33(19-13-30)45-39-8-4-2-6-35(39)37-27-43-24-22-40(37)45/h2-25,27-28,38H,26H2,1H3. The number of aromatic nitrogens is 2. The summed E-state index contributed by atoms with van der Waals surface area (Å²) in [6, 6.07) is 46.3. The van der Waals surface area contributed by atoms with E-state index in [0.29, 0.717) is 0 Å². The Hall–Kier alpha value is -5.74. The topological polar surface area (TPSA) is 33.4 Å². The van der Waals surface area contributed by atoms with E-state index in [1.54, 1.807) is 0 Å². The van der Waals surface area contributed by atoms with Crippen molar-refractivity contribution in [3.63, 3.8) is 0 Å². The van der Waals surface area contributed by atoms with E-state index in [4.69, 9.17) is 0 Å². The van der Waals surface area contributed by atoms with Gasteiger partial charge < -0.3 is 9.47 Å². The summed E-state index contributed by atoms with van der Waals surface area (Å²) in [5.41, 5.74) is 12.2. The molecule has 4 heteroatoms. The molecule has 220 valence electrons. The summed E-state index contributed by atoms with van der Waals surface area (Å²) in [5, 5.41) is 2.41. The number of hydrogen-bond acceptors (Lipinski definition) is 3. The second-order valence-electron chi connectivity index (χ2n) is 12.5. The lowest BCUT2D eigenvalue weighted by molar-refractivity contribution is 0.565. The van der Waals surface area contributed by atoms with Gasteiger partial charge in [-0.3, -0.25) is 9.98 Å². The highest BCUT2D eigenvalue weighted by molar-refractivity contribution is 6.08. The first-order valence-electron chi connectivity index (χ1n) is 15.9. The molecule has 2 unspecified atom stereocenters. The van der Waals surface area contributed by atoms with Crippen LogP contribution in [0.3, 0.4) is 0 Å². The van der Waals surface area contributed by atoms with Crippen LogP contribution in [0.4, 0.5) is 11.4 Å². The van der Waals surface area contributed by atoms with Crippen LogP contribution < -0.4 is 4.90 Å². The van der Waals surface area contributed by atoms with Crippen molar-refractivity contribution in [3.05, 3.63) is 169 Å². The van der Waals surface area contributed by atoms with Crippen molar-refractivity contribution in [2.24, 2.45) is 4.99 Å². The Bertz CT molecular complexity index is 2240. The van der Waals surface area contributed by atoms with E-state index in [1.165, 1.54) is 61.0 Å². The predicted octanol–water partition coefficient (Wildman–Crippen LogP) is 10.0. The normalized spacial score (nSPS) is 18.3. The average molecular weight is 593 g/mol. The van der Waals surface area contributed by atoms with Crippen LogP contribution in [0.5, 0.6) is 0 Å². The number of fused-ring (bicyclic) bond motifs is 6. The Morgan fingerprint density at radius 2 is 1.30 bits per heavy atom. The third-order valence-corrected chi connectivity index (χ3v) is 9.85. The second kappa shape index (κ2) is 10.4. The predicted molar refractivity (Wildman–Crippen MR) is 191 cm³/mol. The van der Waals surface area contributed by atoms with E-state index in [-0.39, 0.29) is 11.5 Å². The molecule has 7 aromatic rings.